The smallest absolute Gasteiger partial charge is 0.252 e. The van der Waals surface area contributed by atoms with Crippen molar-refractivity contribution in [3.63, 3.8) is 0 Å². The van der Waals surface area contributed by atoms with Crippen molar-refractivity contribution in [1.29, 1.82) is 0 Å². The summed E-state index contributed by atoms with van der Waals surface area (Å²) < 4.78 is 7.10. The van der Waals surface area contributed by atoms with Crippen LogP contribution in [-0.4, -0.2) is 177 Å². The number of amides is 6. The number of nitrogens with one attached hydrogen (secondary N) is 6. The Morgan fingerprint density at radius 1 is 0.557 bits per heavy atom. The number of ether oxygens (including phenoxy) is 1. The molecule has 0 bridgehead atoms. The number of carbonyl (C=O) groups excluding carboxylic acids is 6. The number of fused-ring (bicyclic) bond motifs is 1. The molecule has 33 nitrogen and oxygen atoms in total. The van der Waals surface area contributed by atoms with Crippen molar-refractivity contribution in [2.45, 2.75) is 151 Å². The minimum atomic E-state index is -1.58. The number of imidazole rings is 1. The molecule has 0 radical (unpaired) electrons. The van der Waals surface area contributed by atoms with Gasteiger partial charge in [0.15, 0.2) is 47.6 Å². The second-order valence-corrected chi connectivity index (χ2v) is 18.7. The number of aromatic nitrogens is 4. The zero-order valence-electron chi connectivity index (χ0n) is 44.6. The predicted molar refractivity (Wildman–Crippen MR) is 295 cm³/mol. The van der Waals surface area contributed by atoms with Gasteiger partial charge in [0.25, 0.3) is 5.91 Å². The van der Waals surface area contributed by atoms with E-state index in [1.165, 1.54) is 17.2 Å². The molecule has 1 aliphatic heterocycles. The van der Waals surface area contributed by atoms with E-state index in [0.29, 0.717) is 45.2 Å². The Balaban J connectivity index is 1.70. The lowest BCUT2D eigenvalue weighted by Gasteiger charge is -2.26. The fourth-order valence-corrected chi connectivity index (χ4v) is 8.19. The standard InChI is InChI=1S/C46H84N24O9/c47-17-5-1-2-6-18-57-37(74)26(12-8-20-59-43(49)50)67-39(76)28(14-10-22-61-45(53)54)69-40(77)29(15-11-23-62-46(55)56)68-38(75)27(13-9-21-60-44(51)52)66-30(71)16-4-3-7-19-58-41(78)34-32(72)33(73)42(79-34)70-25-65-31-35(48)63-24-64-36(31)70/h24-29,32-34,42,72-73H,1-23,47H2,(H,57,74)(H,58,78)(H,66,71)(H,67,76)(H,68,75)(H,69,77)(H2,48,63,64)(H4,49,50,59)(H4,51,52,60)(H4,53,54,61)(H4,55,56,62)/t26-,27-,28-,29-,32-,33+,34-,42+/m0/s1. The highest BCUT2D eigenvalue weighted by atomic mass is 16.6. The molecule has 0 unspecified atom stereocenters. The first-order valence-corrected chi connectivity index (χ1v) is 26.4. The summed E-state index contributed by atoms with van der Waals surface area (Å²) in [7, 11) is 0. The van der Waals surface area contributed by atoms with Crippen LogP contribution in [0.15, 0.2) is 32.6 Å². The topological polar surface area (TPSA) is 578 Å². The molecule has 2 aromatic rings. The fourth-order valence-electron chi connectivity index (χ4n) is 8.19. The van der Waals surface area contributed by atoms with Crippen LogP contribution in [0.25, 0.3) is 11.2 Å². The second-order valence-electron chi connectivity index (χ2n) is 18.7. The first-order chi connectivity index (χ1) is 37.7. The number of nitrogens with zero attached hydrogens (tertiary/aromatic N) is 8. The van der Waals surface area contributed by atoms with Crippen LogP contribution in [0.2, 0.25) is 0 Å². The Morgan fingerprint density at radius 2 is 1.00 bits per heavy atom. The van der Waals surface area contributed by atoms with Crippen molar-refractivity contribution in [1.82, 2.24) is 51.4 Å². The van der Waals surface area contributed by atoms with Crippen LogP contribution in [-0.2, 0) is 33.5 Å². The zero-order chi connectivity index (χ0) is 58.3. The quantitative estimate of drug-likeness (QED) is 0.0169. The monoisotopic (exact) mass is 1120 g/mol. The van der Waals surface area contributed by atoms with Gasteiger partial charge >= 0.3 is 0 Å². The van der Waals surface area contributed by atoms with Crippen molar-refractivity contribution >= 4 is 76.3 Å². The van der Waals surface area contributed by atoms with Gasteiger partial charge in [-0.25, -0.2) is 15.0 Å². The minimum Gasteiger partial charge on any atom is -0.387 e. The van der Waals surface area contributed by atoms with E-state index in [4.69, 9.17) is 62.1 Å². The molecule has 0 saturated carbocycles. The molecule has 0 aromatic carbocycles. The summed E-state index contributed by atoms with van der Waals surface area (Å²) in [6.45, 7) is 1.51. The summed E-state index contributed by atoms with van der Waals surface area (Å²) in [6.07, 6.45) is 2.38. The number of carbonyl (C=O) groups is 6. The van der Waals surface area contributed by atoms with Gasteiger partial charge < -0.3 is 104 Å². The van der Waals surface area contributed by atoms with Crippen LogP contribution in [0.3, 0.4) is 0 Å². The predicted octanol–water partition coefficient (Wildman–Crippen LogP) is -6.51. The third-order valence-corrected chi connectivity index (χ3v) is 12.3. The van der Waals surface area contributed by atoms with Gasteiger partial charge in [-0.1, -0.05) is 19.3 Å². The first kappa shape index (κ1) is 65.4. The second kappa shape index (κ2) is 35.5. The Labute approximate surface area is 457 Å². The molecule has 8 atom stereocenters. The average Bonchev–Trinajstić information content (AvgIpc) is 3.99. The summed E-state index contributed by atoms with van der Waals surface area (Å²) in [5, 5.41) is 37.9. The van der Waals surface area contributed by atoms with E-state index in [2.05, 4.69) is 66.8 Å². The summed E-state index contributed by atoms with van der Waals surface area (Å²) in [4.78, 5) is 111. The minimum absolute atomic E-state index is 0.00276. The summed E-state index contributed by atoms with van der Waals surface area (Å²) in [5.74, 6) is -4.45. The molecule has 3 rings (SSSR count). The molecule has 33 heteroatoms. The number of nitrogens with two attached hydrogens (primary N) is 10. The van der Waals surface area contributed by atoms with Gasteiger partial charge in [0.05, 0.1) is 6.33 Å². The molecule has 79 heavy (non-hydrogen) atoms. The highest BCUT2D eigenvalue weighted by molar-refractivity contribution is 5.95. The van der Waals surface area contributed by atoms with Gasteiger partial charge in [0, 0.05) is 45.7 Å². The first-order valence-electron chi connectivity index (χ1n) is 26.4. The molecule has 0 spiro atoms. The normalized spacial score (nSPS) is 17.2. The molecule has 2 aromatic heterocycles. The Bertz CT molecular complexity index is 2370. The summed E-state index contributed by atoms with van der Waals surface area (Å²) >= 11 is 0. The molecular weight excluding hydrogens is 1030 g/mol. The molecule has 1 saturated heterocycles. The van der Waals surface area contributed by atoms with Gasteiger partial charge in [0.2, 0.25) is 29.5 Å². The molecular formula is C46H84N24O9. The van der Waals surface area contributed by atoms with E-state index in [0.717, 1.165) is 19.3 Å². The highest BCUT2D eigenvalue weighted by Gasteiger charge is 2.47. The van der Waals surface area contributed by atoms with Crippen molar-refractivity contribution in [2.24, 2.45) is 71.6 Å². The molecule has 28 N–H and O–H groups in total. The van der Waals surface area contributed by atoms with Crippen molar-refractivity contribution in [2.75, 3.05) is 51.5 Å². The van der Waals surface area contributed by atoms with E-state index in [9.17, 15) is 39.0 Å². The van der Waals surface area contributed by atoms with Crippen LogP contribution in [0.1, 0.15) is 109 Å². The Hall–Kier alpha value is -7.91. The van der Waals surface area contributed by atoms with E-state index < -0.39 is 84.2 Å². The van der Waals surface area contributed by atoms with Crippen LogP contribution >= 0.6 is 0 Å². The maximum atomic E-state index is 14.3. The van der Waals surface area contributed by atoms with Crippen molar-refractivity contribution < 1.29 is 43.7 Å². The van der Waals surface area contributed by atoms with E-state index in [-0.39, 0.29) is 125 Å². The highest BCUT2D eigenvalue weighted by Crippen LogP contribution is 2.32. The number of anilines is 1. The number of rotatable bonds is 38. The lowest BCUT2D eigenvalue weighted by atomic mass is 10.0. The molecule has 1 aliphatic rings. The molecule has 442 valence electrons. The third kappa shape index (κ3) is 24.1. The van der Waals surface area contributed by atoms with Crippen molar-refractivity contribution in [3.8, 4) is 0 Å². The van der Waals surface area contributed by atoms with Crippen LogP contribution < -0.4 is 89.2 Å². The van der Waals surface area contributed by atoms with Crippen LogP contribution in [0, 0.1) is 0 Å². The van der Waals surface area contributed by atoms with Gasteiger partial charge in [-0.2, -0.15) is 0 Å². The number of hydrogen-bond donors (Lipinski definition) is 18. The van der Waals surface area contributed by atoms with Crippen LogP contribution in [0.4, 0.5) is 5.82 Å². The number of aliphatic hydroxyl groups is 2. The van der Waals surface area contributed by atoms with Gasteiger partial charge in [-0.15, -0.1) is 0 Å². The van der Waals surface area contributed by atoms with E-state index >= 15 is 0 Å². The molecule has 3 heterocycles. The van der Waals surface area contributed by atoms with Crippen LogP contribution in [0.5, 0.6) is 0 Å². The lowest BCUT2D eigenvalue weighted by molar-refractivity contribution is -0.137. The maximum absolute atomic E-state index is 14.3. The number of aliphatic imine (C=N–C) groups is 4. The largest absolute Gasteiger partial charge is 0.387 e. The molecule has 0 aliphatic carbocycles. The Morgan fingerprint density at radius 3 is 1.48 bits per heavy atom. The van der Waals surface area contributed by atoms with E-state index in [1.807, 2.05) is 0 Å². The number of nitrogen functional groups attached to an aromatic ring is 1. The van der Waals surface area contributed by atoms with E-state index in [1.54, 1.807) is 0 Å². The summed E-state index contributed by atoms with van der Waals surface area (Å²) in [6, 6.07) is -4.80. The molecule has 6 amide bonds. The Kier molecular flexibility index (Phi) is 29.4. The SMILES string of the molecule is NCCCCCCNC(=O)[C@H](CCCN=C(N)N)NC(=O)[C@H](CCCN=C(N)N)NC(=O)[C@H](CCCN=C(N)N)NC(=O)[C@H](CCCN=C(N)N)NC(=O)CCCCCNC(=O)[C@H]1O[C@@H](n2cnc3c(N)ncnc32)[C@H](O)[C@@H]1O. The maximum Gasteiger partial charge on any atom is 0.252 e. The van der Waals surface area contributed by atoms with Gasteiger partial charge in [0.1, 0.15) is 48.2 Å². The fraction of sp³-hybridized carbons (Fsp3) is 0.674. The molecule has 1 fully saturated rings. The number of hydrogen-bond acceptors (Lipinski definition) is 18. The van der Waals surface area contributed by atoms with Gasteiger partial charge in [-0.3, -0.25) is 53.3 Å². The number of guanidine groups is 4. The summed E-state index contributed by atoms with van der Waals surface area (Å²) in [5.41, 5.74) is 56.1. The number of aliphatic hydroxyl groups excluding tert-OH is 2. The van der Waals surface area contributed by atoms with Crippen molar-refractivity contribution in [3.05, 3.63) is 12.7 Å². The number of unbranched alkanes of at least 4 members (excludes halogenated alkanes) is 5. The van der Waals surface area contributed by atoms with Gasteiger partial charge in [-0.05, 0) is 83.6 Å². The lowest BCUT2D eigenvalue weighted by Crippen LogP contribution is -2.58. The third-order valence-electron chi connectivity index (χ3n) is 12.3. The zero-order valence-corrected chi connectivity index (χ0v) is 44.6. The average molecular weight is 1120 g/mol.